The van der Waals surface area contributed by atoms with Crippen LogP contribution in [0, 0.1) is 5.82 Å². The van der Waals surface area contributed by atoms with E-state index in [4.69, 9.17) is 4.74 Å². The fourth-order valence-corrected chi connectivity index (χ4v) is 4.43. The van der Waals surface area contributed by atoms with Crippen LogP contribution < -0.4 is 9.64 Å². The molecule has 0 unspecified atom stereocenters. The second-order valence-corrected chi connectivity index (χ2v) is 8.69. The number of rotatable bonds is 9. The highest BCUT2D eigenvalue weighted by Crippen LogP contribution is 2.31. The summed E-state index contributed by atoms with van der Waals surface area (Å²) in [6.07, 6.45) is 2.95. The van der Waals surface area contributed by atoms with Crippen molar-refractivity contribution < 1.29 is 18.7 Å². The van der Waals surface area contributed by atoms with Crippen molar-refractivity contribution in [1.82, 2.24) is 9.80 Å². The Bertz CT molecular complexity index is 707. The Morgan fingerprint density at radius 3 is 2.45 bits per heavy atom. The molecule has 2 fully saturated rings. The lowest BCUT2D eigenvalue weighted by Gasteiger charge is -2.37. The Labute approximate surface area is 176 Å². The summed E-state index contributed by atoms with van der Waals surface area (Å²) in [4.78, 5) is 29.1. The third-order valence-electron chi connectivity index (χ3n) is 5.19. The third kappa shape index (κ3) is 6.09. The van der Waals surface area contributed by atoms with Crippen molar-refractivity contribution in [2.24, 2.45) is 0 Å². The predicted molar refractivity (Wildman–Crippen MR) is 114 cm³/mol. The summed E-state index contributed by atoms with van der Waals surface area (Å²) in [7, 11) is 0. The number of imide groups is 1. The summed E-state index contributed by atoms with van der Waals surface area (Å²) in [5, 5.41) is -0.107. The number of unbranched alkanes of at least 4 members (excludes halogenated alkanes) is 2. The van der Waals surface area contributed by atoms with E-state index < -0.39 is 0 Å². The average molecular weight is 424 g/mol. The van der Waals surface area contributed by atoms with Crippen molar-refractivity contribution in [3.05, 3.63) is 24.0 Å². The molecule has 0 aliphatic carbocycles. The van der Waals surface area contributed by atoms with Crippen LogP contribution in [0.25, 0.3) is 0 Å². The summed E-state index contributed by atoms with van der Waals surface area (Å²) >= 11 is 1.10. The minimum atomic E-state index is -0.244. The average Bonchev–Trinajstić information content (AvgIpc) is 3.01. The van der Waals surface area contributed by atoms with Gasteiger partial charge in [-0.3, -0.25) is 19.4 Å². The first kappa shape index (κ1) is 21.9. The van der Waals surface area contributed by atoms with Crippen LogP contribution in [-0.2, 0) is 4.79 Å². The zero-order valence-electron chi connectivity index (χ0n) is 17.2. The lowest BCUT2D eigenvalue weighted by Crippen LogP contribution is -2.46. The predicted octanol–water partition coefficient (Wildman–Crippen LogP) is 3.60. The molecule has 2 aliphatic heterocycles. The molecule has 0 radical (unpaired) electrons. The zero-order chi connectivity index (χ0) is 20.8. The standard InChI is InChI=1S/C21H30FN3O3S/c1-16(2)28-19-7-6-17(22)14-18(19)24-12-10-23(11-13-24)8-4-3-5-9-25-20(26)15-29-21(25)27/h6-7,14,16H,3-5,8-13,15H2,1-2H3. The van der Waals surface area contributed by atoms with Crippen molar-refractivity contribution in [2.75, 3.05) is 49.9 Å². The second kappa shape index (κ2) is 10.3. The fourth-order valence-electron chi connectivity index (χ4n) is 3.68. The van der Waals surface area contributed by atoms with Gasteiger partial charge in [0.15, 0.2) is 0 Å². The Hall–Kier alpha value is -1.80. The van der Waals surface area contributed by atoms with E-state index in [1.165, 1.54) is 11.0 Å². The Kier molecular flexibility index (Phi) is 7.77. The molecule has 1 aromatic rings. The van der Waals surface area contributed by atoms with Crippen molar-refractivity contribution in [3.63, 3.8) is 0 Å². The first-order valence-corrected chi connectivity index (χ1v) is 11.3. The SMILES string of the molecule is CC(C)Oc1ccc(F)cc1N1CCN(CCCCCN2C(=O)CSC2=O)CC1. The molecule has 2 heterocycles. The van der Waals surface area contributed by atoms with E-state index in [2.05, 4.69) is 9.80 Å². The van der Waals surface area contributed by atoms with Gasteiger partial charge in [-0.1, -0.05) is 18.2 Å². The second-order valence-electron chi connectivity index (χ2n) is 7.77. The Morgan fingerprint density at radius 1 is 1.07 bits per heavy atom. The minimum absolute atomic E-state index is 0.0465. The summed E-state index contributed by atoms with van der Waals surface area (Å²) in [5.74, 6) is 0.721. The molecule has 0 bridgehead atoms. The summed E-state index contributed by atoms with van der Waals surface area (Å²) in [5.41, 5.74) is 0.830. The maximum atomic E-state index is 13.8. The van der Waals surface area contributed by atoms with E-state index in [0.717, 1.165) is 75.2 Å². The first-order chi connectivity index (χ1) is 13.9. The highest BCUT2D eigenvalue weighted by molar-refractivity contribution is 8.14. The number of anilines is 1. The van der Waals surface area contributed by atoms with Crippen LogP contribution >= 0.6 is 11.8 Å². The van der Waals surface area contributed by atoms with Crippen LogP contribution in [0.15, 0.2) is 18.2 Å². The van der Waals surface area contributed by atoms with Gasteiger partial charge in [-0.25, -0.2) is 4.39 Å². The Balaban J connectivity index is 1.39. The van der Waals surface area contributed by atoms with Gasteiger partial charge in [-0.05, 0) is 45.4 Å². The molecule has 1 aromatic carbocycles. The molecule has 0 spiro atoms. The molecule has 0 aromatic heterocycles. The fraction of sp³-hybridized carbons (Fsp3) is 0.619. The highest BCUT2D eigenvalue weighted by atomic mass is 32.2. The summed E-state index contributed by atoms with van der Waals surface area (Å²) in [6.45, 7) is 9.02. The van der Waals surface area contributed by atoms with E-state index in [0.29, 0.717) is 12.3 Å². The molecule has 160 valence electrons. The van der Waals surface area contributed by atoms with Gasteiger partial charge in [0, 0.05) is 38.8 Å². The highest BCUT2D eigenvalue weighted by Gasteiger charge is 2.29. The van der Waals surface area contributed by atoms with Crippen LogP contribution in [0.5, 0.6) is 5.75 Å². The number of halogens is 1. The van der Waals surface area contributed by atoms with Crippen LogP contribution in [0.3, 0.4) is 0 Å². The minimum Gasteiger partial charge on any atom is -0.489 e. The van der Waals surface area contributed by atoms with Crippen molar-refractivity contribution in [3.8, 4) is 5.75 Å². The quantitative estimate of drug-likeness (QED) is 0.566. The molecular weight excluding hydrogens is 393 g/mol. The number of carbonyl (C=O) groups is 2. The van der Waals surface area contributed by atoms with Gasteiger partial charge in [-0.2, -0.15) is 0 Å². The van der Waals surface area contributed by atoms with Crippen molar-refractivity contribution >= 4 is 28.6 Å². The molecule has 0 saturated carbocycles. The molecule has 0 atom stereocenters. The summed E-state index contributed by atoms with van der Waals surface area (Å²) < 4.78 is 19.6. The van der Waals surface area contributed by atoms with Gasteiger partial charge in [0.1, 0.15) is 11.6 Å². The first-order valence-electron chi connectivity index (χ1n) is 10.3. The van der Waals surface area contributed by atoms with Crippen LogP contribution in [0.1, 0.15) is 33.1 Å². The van der Waals surface area contributed by atoms with Gasteiger partial charge in [0.2, 0.25) is 5.91 Å². The monoisotopic (exact) mass is 423 g/mol. The van der Waals surface area contributed by atoms with Gasteiger partial charge in [0.25, 0.3) is 5.24 Å². The number of carbonyl (C=O) groups excluding carboxylic acids is 2. The van der Waals surface area contributed by atoms with E-state index in [9.17, 15) is 14.0 Å². The van der Waals surface area contributed by atoms with Gasteiger partial charge in [0.05, 0.1) is 17.5 Å². The van der Waals surface area contributed by atoms with Crippen LogP contribution in [-0.4, -0.2) is 72.1 Å². The molecule has 2 saturated heterocycles. The number of ether oxygens (including phenoxy) is 1. The summed E-state index contributed by atoms with van der Waals surface area (Å²) in [6, 6.07) is 4.72. The number of piperazine rings is 1. The maximum Gasteiger partial charge on any atom is 0.288 e. The number of amides is 2. The molecule has 2 amide bonds. The van der Waals surface area contributed by atoms with Gasteiger partial charge in [-0.15, -0.1) is 0 Å². The normalized spacial score (nSPS) is 18.2. The molecule has 3 rings (SSSR count). The lowest BCUT2D eigenvalue weighted by atomic mass is 10.2. The van der Waals surface area contributed by atoms with Gasteiger partial charge >= 0.3 is 0 Å². The van der Waals surface area contributed by atoms with Crippen LogP contribution in [0.2, 0.25) is 0 Å². The van der Waals surface area contributed by atoms with E-state index in [1.54, 1.807) is 12.1 Å². The molecule has 2 aliphatic rings. The number of nitrogens with zero attached hydrogens (tertiary/aromatic N) is 3. The van der Waals surface area contributed by atoms with Gasteiger partial charge < -0.3 is 9.64 Å². The Morgan fingerprint density at radius 2 is 1.79 bits per heavy atom. The molecular formula is C21H30FN3O3S. The molecule has 6 nitrogen and oxygen atoms in total. The molecule has 0 N–H and O–H groups in total. The molecule has 29 heavy (non-hydrogen) atoms. The van der Waals surface area contributed by atoms with Crippen molar-refractivity contribution in [1.29, 1.82) is 0 Å². The third-order valence-corrected chi connectivity index (χ3v) is 6.05. The lowest BCUT2D eigenvalue weighted by molar-refractivity contribution is -0.124. The smallest absolute Gasteiger partial charge is 0.288 e. The van der Waals surface area contributed by atoms with Crippen molar-refractivity contribution in [2.45, 2.75) is 39.2 Å². The molecule has 8 heteroatoms. The number of hydrogen-bond acceptors (Lipinski definition) is 6. The van der Waals surface area contributed by atoms with Crippen LogP contribution in [0.4, 0.5) is 14.9 Å². The number of thioether (sulfide) groups is 1. The zero-order valence-corrected chi connectivity index (χ0v) is 18.0. The number of benzene rings is 1. The topological polar surface area (TPSA) is 53.1 Å². The van der Waals surface area contributed by atoms with E-state index in [-0.39, 0.29) is 23.1 Å². The van der Waals surface area contributed by atoms with E-state index in [1.807, 2.05) is 13.8 Å². The number of hydrogen-bond donors (Lipinski definition) is 0. The maximum absolute atomic E-state index is 13.8. The van der Waals surface area contributed by atoms with E-state index >= 15 is 0 Å². The largest absolute Gasteiger partial charge is 0.489 e.